The fourth-order valence-electron chi connectivity index (χ4n) is 1.81. The molecule has 2 atom stereocenters. The minimum Gasteiger partial charge on any atom is -0.298 e. The number of nitrogens with one attached hydrogen (secondary N) is 2. The number of hydrazine groups is 1. The molecule has 0 heterocycles. The number of ketones is 1. The van der Waals surface area contributed by atoms with Crippen molar-refractivity contribution in [3.05, 3.63) is 35.6 Å². The van der Waals surface area contributed by atoms with Gasteiger partial charge in [-0.3, -0.25) is 14.4 Å². The van der Waals surface area contributed by atoms with E-state index in [9.17, 15) is 13.4 Å². The zero-order valence-electron chi connectivity index (χ0n) is 14.0. The Hall–Kier alpha value is -1.11. The Morgan fingerprint density at radius 1 is 1.27 bits per heavy atom. The number of benzene rings is 1. The second-order valence-electron chi connectivity index (χ2n) is 4.85. The Morgan fingerprint density at radius 3 is 2.36 bits per heavy atom. The predicted octanol–water partition coefficient (Wildman–Crippen LogP) is 2.42. The highest BCUT2D eigenvalue weighted by Gasteiger charge is 2.23. The predicted molar refractivity (Wildman–Crippen MR) is 90.3 cm³/mol. The number of hydrogen-bond acceptors (Lipinski definition) is 4. The molecule has 126 valence electrons. The van der Waals surface area contributed by atoms with Gasteiger partial charge in [0.1, 0.15) is 5.82 Å². The number of halogens is 1. The van der Waals surface area contributed by atoms with Gasteiger partial charge in [0.25, 0.3) is 0 Å². The van der Waals surface area contributed by atoms with Gasteiger partial charge in [-0.25, -0.2) is 9.82 Å². The summed E-state index contributed by atoms with van der Waals surface area (Å²) < 4.78 is 25.6. The lowest BCUT2D eigenvalue weighted by molar-refractivity contribution is -0.123. The second kappa shape index (κ2) is 11.5. The highest BCUT2D eigenvalue weighted by molar-refractivity contribution is 7.84. The molecule has 2 unspecified atom stereocenters. The van der Waals surface area contributed by atoms with Crippen LogP contribution < -0.4 is 10.9 Å². The zero-order valence-corrected chi connectivity index (χ0v) is 14.8. The molecule has 22 heavy (non-hydrogen) atoms. The van der Waals surface area contributed by atoms with Gasteiger partial charge < -0.3 is 0 Å². The standard InChI is InChI=1S/C14H21FN2O2S.C2H6/c1-10(2)14(18)13(17-16-3)9-20(19)8-11-6-4-5-7-12(11)15;1-2/h4-7,10,13,16-17H,8-9H2,1-3H3;1-2H3. The summed E-state index contributed by atoms with van der Waals surface area (Å²) in [5.41, 5.74) is 5.92. The van der Waals surface area contributed by atoms with E-state index in [4.69, 9.17) is 0 Å². The van der Waals surface area contributed by atoms with Gasteiger partial charge in [-0.15, -0.1) is 0 Å². The first-order chi connectivity index (χ1) is 10.5. The molecule has 0 radical (unpaired) electrons. The molecule has 1 aromatic rings. The van der Waals surface area contributed by atoms with E-state index >= 15 is 0 Å². The molecule has 6 heteroatoms. The average molecular weight is 330 g/mol. The van der Waals surface area contributed by atoms with Gasteiger partial charge in [0, 0.05) is 28.0 Å². The molecule has 0 bridgehead atoms. The van der Waals surface area contributed by atoms with E-state index in [1.165, 1.54) is 6.07 Å². The zero-order chi connectivity index (χ0) is 17.1. The van der Waals surface area contributed by atoms with Gasteiger partial charge in [-0.05, 0) is 13.1 Å². The van der Waals surface area contributed by atoms with Gasteiger partial charge in [0.05, 0.1) is 11.8 Å². The molecule has 4 nitrogen and oxygen atoms in total. The maximum absolute atomic E-state index is 13.5. The molecule has 0 aromatic heterocycles. The van der Waals surface area contributed by atoms with E-state index in [0.29, 0.717) is 5.56 Å². The highest BCUT2D eigenvalue weighted by Crippen LogP contribution is 2.10. The lowest BCUT2D eigenvalue weighted by Crippen LogP contribution is -2.48. The van der Waals surface area contributed by atoms with Crippen LogP contribution >= 0.6 is 0 Å². The lowest BCUT2D eigenvalue weighted by atomic mass is 10.0. The molecule has 0 aliphatic heterocycles. The van der Waals surface area contributed by atoms with E-state index in [2.05, 4.69) is 10.9 Å². The number of hydrogen-bond donors (Lipinski definition) is 2. The van der Waals surface area contributed by atoms with Crippen LogP contribution in [0.1, 0.15) is 33.3 Å². The lowest BCUT2D eigenvalue weighted by Gasteiger charge is -2.18. The summed E-state index contributed by atoms with van der Waals surface area (Å²) in [6.07, 6.45) is 0. The summed E-state index contributed by atoms with van der Waals surface area (Å²) in [6, 6.07) is 5.72. The van der Waals surface area contributed by atoms with E-state index < -0.39 is 16.8 Å². The summed E-state index contributed by atoms with van der Waals surface area (Å²) in [5.74, 6) is -0.256. The fraction of sp³-hybridized carbons (Fsp3) is 0.562. The Balaban J connectivity index is 0.00000211. The summed E-state index contributed by atoms with van der Waals surface area (Å²) >= 11 is 0. The molecule has 0 fully saturated rings. The quantitative estimate of drug-likeness (QED) is 0.719. The van der Waals surface area contributed by atoms with Gasteiger partial charge in [0.15, 0.2) is 5.78 Å². The monoisotopic (exact) mass is 330 g/mol. The van der Waals surface area contributed by atoms with Crippen molar-refractivity contribution in [1.29, 1.82) is 0 Å². The number of carbonyl (C=O) groups is 1. The first-order valence-electron chi connectivity index (χ1n) is 7.50. The van der Waals surface area contributed by atoms with Crippen LogP contribution in [0.2, 0.25) is 0 Å². The molecular weight excluding hydrogens is 303 g/mol. The van der Waals surface area contributed by atoms with Crippen molar-refractivity contribution < 1.29 is 13.4 Å². The maximum atomic E-state index is 13.5. The van der Waals surface area contributed by atoms with Gasteiger partial charge in [-0.1, -0.05) is 45.9 Å². The van der Waals surface area contributed by atoms with Crippen molar-refractivity contribution in [2.75, 3.05) is 12.8 Å². The third-order valence-electron chi connectivity index (χ3n) is 2.86. The summed E-state index contributed by atoms with van der Waals surface area (Å²) in [7, 11) is 0.340. The smallest absolute Gasteiger partial charge is 0.154 e. The van der Waals surface area contributed by atoms with E-state index in [1.54, 1.807) is 39.1 Å². The van der Waals surface area contributed by atoms with Gasteiger partial charge >= 0.3 is 0 Å². The normalized spacial score (nSPS) is 13.2. The van der Waals surface area contributed by atoms with E-state index in [1.807, 2.05) is 13.8 Å². The molecular formula is C16H27FN2O2S. The Bertz CT molecular complexity index is 481. The maximum Gasteiger partial charge on any atom is 0.154 e. The van der Waals surface area contributed by atoms with Crippen LogP contribution in [0.4, 0.5) is 4.39 Å². The largest absolute Gasteiger partial charge is 0.298 e. The van der Waals surface area contributed by atoms with E-state index in [-0.39, 0.29) is 29.0 Å². The van der Waals surface area contributed by atoms with Crippen LogP contribution in [0, 0.1) is 11.7 Å². The summed E-state index contributed by atoms with van der Waals surface area (Å²) in [5, 5.41) is 0. The van der Waals surface area contributed by atoms with Crippen molar-refractivity contribution in [3.63, 3.8) is 0 Å². The summed E-state index contributed by atoms with van der Waals surface area (Å²) in [4.78, 5) is 12.0. The van der Waals surface area contributed by atoms with Crippen molar-refractivity contribution in [3.8, 4) is 0 Å². The van der Waals surface area contributed by atoms with Crippen molar-refractivity contribution in [1.82, 2.24) is 10.9 Å². The van der Waals surface area contributed by atoms with Crippen molar-refractivity contribution in [2.24, 2.45) is 5.92 Å². The Morgan fingerprint density at radius 2 is 1.86 bits per heavy atom. The van der Waals surface area contributed by atoms with Crippen LogP contribution in [0.15, 0.2) is 24.3 Å². The first-order valence-corrected chi connectivity index (χ1v) is 8.99. The topological polar surface area (TPSA) is 58.2 Å². The molecule has 0 saturated carbocycles. The third-order valence-corrected chi connectivity index (χ3v) is 4.20. The highest BCUT2D eigenvalue weighted by atomic mass is 32.2. The molecule has 0 amide bonds. The Labute approximate surface area is 135 Å². The molecule has 1 rings (SSSR count). The first kappa shape index (κ1) is 20.9. The number of Topliss-reactive ketones (excluding diaryl/α,β-unsaturated/α-hetero) is 1. The SMILES string of the molecule is CC.CNNC(CS(=O)Cc1ccccc1F)C(=O)C(C)C. The van der Waals surface area contributed by atoms with Crippen LogP contribution in [0.25, 0.3) is 0 Å². The van der Waals surface area contributed by atoms with Crippen molar-refractivity contribution >= 4 is 16.6 Å². The van der Waals surface area contributed by atoms with E-state index in [0.717, 1.165) is 0 Å². The number of rotatable bonds is 8. The van der Waals surface area contributed by atoms with Crippen LogP contribution in [-0.4, -0.2) is 28.8 Å². The van der Waals surface area contributed by atoms with Gasteiger partial charge in [-0.2, -0.15) is 0 Å². The fourth-order valence-corrected chi connectivity index (χ4v) is 3.12. The molecule has 1 aromatic carbocycles. The average Bonchev–Trinajstić information content (AvgIpc) is 2.50. The molecule has 0 saturated heterocycles. The van der Waals surface area contributed by atoms with Crippen molar-refractivity contribution in [2.45, 2.75) is 39.5 Å². The Kier molecular flexibility index (Phi) is 10.9. The summed E-state index contributed by atoms with van der Waals surface area (Å²) in [6.45, 7) is 7.60. The molecule has 0 spiro atoms. The molecule has 2 N–H and O–H groups in total. The molecule has 0 aliphatic carbocycles. The minimum atomic E-state index is -1.31. The van der Waals surface area contributed by atoms with Crippen LogP contribution in [-0.2, 0) is 21.3 Å². The second-order valence-corrected chi connectivity index (χ2v) is 6.35. The molecule has 0 aliphatic rings. The van der Waals surface area contributed by atoms with Gasteiger partial charge in [0.2, 0.25) is 0 Å². The van der Waals surface area contributed by atoms with Crippen LogP contribution in [0.5, 0.6) is 0 Å². The minimum absolute atomic E-state index is 0.0127. The number of carbonyl (C=O) groups excluding carboxylic acids is 1. The van der Waals surface area contributed by atoms with Crippen LogP contribution in [0.3, 0.4) is 0 Å². The third kappa shape index (κ3) is 7.24.